The summed E-state index contributed by atoms with van der Waals surface area (Å²) in [6, 6.07) is 24.0. The number of carbonyl (C=O) groups excluding carboxylic acids is 1. The van der Waals surface area contributed by atoms with Gasteiger partial charge < -0.3 is 5.32 Å². The van der Waals surface area contributed by atoms with Crippen molar-refractivity contribution < 1.29 is 4.79 Å². The molecule has 3 nitrogen and oxygen atoms in total. The molecular weight excluding hydrogens is 368 g/mol. The summed E-state index contributed by atoms with van der Waals surface area (Å²) >= 11 is 0. The Morgan fingerprint density at radius 2 is 1.60 bits per heavy atom. The molecule has 1 amide bonds. The van der Waals surface area contributed by atoms with Gasteiger partial charge in [-0.3, -0.25) is 4.79 Å². The van der Waals surface area contributed by atoms with Crippen molar-refractivity contribution >= 4 is 22.5 Å². The van der Waals surface area contributed by atoms with E-state index in [2.05, 4.69) is 57.3 Å². The molecule has 4 aromatic rings. The lowest BCUT2D eigenvalue weighted by atomic mass is 9.99. The van der Waals surface area contributed by atoms with Crippen LogP contribution in [0.4, 0.5) is 5.69 Å². The number of hydrogen-bond donors (Lipinski definition) is 1. The minimum Gasteiger partial charge on any atom is -0.322 e. The number of aryl methyl sites for hydroxylation is 2. The number of anilines is 1. The first-order chi connectivity index (χ1) is 14.4. The second-order valence-electron chi connectivity index (χ2n) is 8.07. The highest BCUT2D eigenvalue weighted by molar-refractivity contribution is 6.13. The Balaban J connectivity index is 1.82. The molecule has 0 bridgehead atoms. The number of rotatable bonds is 4. The molecule has 30 heavy (non-hydrogen) atoms. The van der Waals surface area contributed by atoms with Crippen molar-refractivity contribution in [2.24, 2.45) is 0 Å². The van der Waals surface area contributed by atoms with E-state index in [1.807, 2.05) is 48.5 Å². The zero-order chi connectivity index (χ0) is 21.3. The molecular formula is C27H26N2O. The lowest BCUT2D eigenvalue weighted by Crippen LogP contribution is -2.14. The summed E-state index contributed by atoms with van der Waals surface area (Å²) in [6.45, 7) is 8.45. The van der Waals surface area contributed by atoms with Crippen LogP contribution < -0.4 is 5.32 Å². The number of para-hydroxylation sites is 2. The van der Waals surface area contributed by atoms with Crippen molar-refractivity contribution in [1.29, 1.82) is 0 Å². The number of carbonyl (C=O) groups is 1. The molecule has 4 rings (SSSR count). The molecule has 0 saturated heterocycles. The quantitative estimate of drug-likeness (QED) is 0.409. The molecule has 0 atom stereocenters. The summed E-state index contributed by atoms with van der Waals surface area (Å²) in [4.78, 5) is 18.2. The molecule has 0 aliphatic heterocycles. The van der Waals surface area contributed by atoms with Crippen LogP contribution >= 0.6 is 0 Å². The number of aromatic nitrogens is 1. The molecule has 1 heterocycles. The molecule has 0 spiro atoms. The zero-order valence-corrected chi connectivity index (χ0v) is 17.9. The zero-order valence-electron chi connectivity index (χ0n) is 17.9. The highest BCUT2D eigenvalue weighted by Crippen LogP contribution is 2.28. The number of benzene rings is 3. The third-order valence-corrected chi connectivity index (χ3v) is 5.59. The van der Waals surface area contributed by atoms with Crippen LogP contribution in [0.15, 0.2) is 72.8 Å². The Bertz CT molecular complexity index is 1240. The summed E-state index contributed by atoms with van der Waals surface area (Å²) in [7, 11) is 0. The number of hydrogen-bond acceptors (Lipinski definition) is 2. The first-order valence-corrected chi connectivity index (χ1v) is 10.3. The fourth-order valence-electron chi connectivity index (χ4n) is 3.72. The van der Waals surface area contributed by atoms with Crippen molar-refractivity contribution in [3.63, 3.8) is 0 Å². The van der Waals surface area contributed by atoms with E-state index in [9.17, 15) is 4.79 Å². The van der Waals surface area contributed by atoms with Gasteiger partial charge in [0.15, 0.2) is 0 Å². The van der Waals surface area contributed by atoms with E-state index >= 15 is 0 Å². The second kappa shape index (κ2) is 8.11. The molecule has 3 heteroatoms. The number of fused-ring (bicyclic) bond motifs is 1. The van der Waals surface area contributed by atoms with Crippen LogP contribution in [0, 0.1) is 13.8 Å². The van der Waals surface area contributed by atoms with E-state index in [-0.39, 0.29) is 5.91 Å². The van der Waals surface area contributed by atoms with E-state index in [0.717, 1.165) is 33.4 Å². The molecule has 3 aromatic carbocycles. The van der Waals surface area contributed by atoms with Gasteiger partial charge in [-0.1, -0.05) is 62.4 Å². The topological polar surface area (TPSA) is 42.0 Å². The summed E-state index contributed by atoms with van der Waals surface area (Å²) in [5.74, 6) is 0.202. The number of nitrogens with zero attached hydrogens (tertiary/aromatic N) is 1. The van der Waals surface area contributed by atoms with Gasteiger partial charge in [-0.2, -0.15) is 0 Å². The molecule has 0 unspecified atom stereocenters. The highest BCUT2D eigenvalue weighted by Gasteiger charge is 2.16. The molecule has 150 valence electrons. The highest BCUT2D eigenvalue weighted by atomic mass is 16.1. The second-order valence-corrected chi connectivity index (χ2v) is 8.07. The third-order valence-electron chi connectivity index (χ3n) is 5.59. The summed E-state index contributed by atoms with van der Waals surface area (Å²) in [5, 5.41) is 3.98. The Kier molecular flexibility index (Phi) is 5.37. The maximum atomic E-state index is 13.4. The number of nitrogens with one attached hydrogen (secondary N) is 1. The summed E-state index contributed by atoms with van der Waals surface area (Å²) in [5.41, 5.74) is 7.69. The summed E-state index contributed by atoms with van der Waals surface area (Å²) in [6.07, 6.45) is 0. The first kappa shape index (κ1) is 19.8. The van der Waals surface area contributed by atoms with Crippen LogP contribution in [-0.2, 0) is 0 Å². The number of amides is 1. The monoisotopic (exact) mass is 394 g/mol. The standard InChI is InChI=1S/C27H26N2O/c1-17(2)21-9-5-7-11-24(21)29-27(30)23-16-26(20-14-13-18(3)19(4)15-20)28-25-12-8-6-10-22(23)25/h5-17H,1-4H3,(H,29,30). The van der Waals surface area contributed by atoms with Crippen molar-refractivity contribution in [2.75, 3.05) is 5.32 Å². The smallest absolute Gasteiger partial charge is 0.256 e. The van der Waals surface area contributed by atoms with Crippen molar-refractivity contribution in [2.45, 2.75) is 33.6 Å². The van der Waals surface area contributed by atoms with Gasteiger partial charge in [-0.05, 0) is 60.7 Å². The first-order valence-electron chi connectivity index (χ1n) is 10.3. The molecule has 0 aliphatic carbocycles. The maximum absolute atomic E-state index is 13.4. The Morgan fingerprint density at radius 1 is 0.867 bits per heavy atom. The molecule has 0 saturated carbocycles. The van der Waals surface area contributed by atoms with Gasteiger partial charge in [0, 0.05) is 16.6 Å². The molecule has 0 radical (unpaired) electrons. The van der Waals surface area contributed by atoms with Crippen LogP contribution in [0.25, 0.3) is 22.2 Å². The van der Waals surface area contributed by atoms with Crippen LogP contribution in [-0.4, -0.2) is 10.9 Å². The van der Waals surface area contributed by atoms with E-state index < -0.39 is 0 Å². The van der Waals surface area contributed by atoms with Crippen molar-refractivity contribution in [3.8, 4) is 11.3 Å². The van der Waals surface area contributed by atoms with Gasteiger partial charge >= 0.3 is 0 Å². The van der Waals surface area contributed by atoms with Crippen LogP contribution in [0.5, 0.6) is 0 Å². The van der Waals surface area contributed by atoms with E-state index in [1.165, 1.54) is 11.1 Å². The fraction of sp³-hybridized carbons (Fsp3) is 0.185. The predicted molar refractivity (Wildman–Crippen MR) is 125 cm³/mol. The largest absolute Gasteiger partial charge is 0.322 e. The van der Waals surface area contributed by atoms with Crippen molar-refractivity contribution in [1.82, 2.24) is 4.98 Å². The lowest BCUT2D eigenvalue weighted by molar-refractivity contribution is 0.102. The minimum atomic E-state index is -0.119. The Morgan fingerprint density at radius 3 is 2.37 bits per heavy atom. The van der Waals surface area contributed by atoms with Gasteiger partial charge in [0.1, 0.15) is 0 Å². The molecule has 1 aromatic heterocycles. The SMILES string of the molecule is Cc1ccc(-c2cc(C(=O)Nc3ccccc3C(C)C)c3ccccc3n2)cc1C. The predicted octanol–water partition coefficient (Wildman–Crippen LogP) is 6.89. The maximum Gasteiger partial charge on any atom is 0.256 e. The van der Waals surface area contributed by atoms with E-state index in [1.54, 1.807) is 0 Å². The van der Waals surface area contributed by atoms with Crippen LogP contribution in [0.2, 0.25) is 0 Å². The minimum absolute atomic E-state index is 0.119. The normalized spacial score (nSPS) is 11.1. The molecule has 1 N–H and O–H groups in total. The van der Waals surface area contributed by atoms with Gasteiger partial charge in [0.05, 0.1) is 16.8 Å². The van der Waals surface area contributed by atoms with Crippen LogP contribution in [0.1, 0.15) is 46.8 Å². The Hall–Kier alpha value is -3.46. The third kappa shape index (κ3) is 3.84. The van der Waals surface area contributed by atoms with Gasteiger partial charge in [-0.25, -0.2) is 4.98 Å². The van der Waals surface area contributed by atoms with E-state index in [0.29, 0.717) is 11.5 Å². The fourth-order valence-corrected chi connectivity index (χ4v) is 3.72. The summed E-state index contributed by atoms with van der Waals surface area (Å²) < 4.78 is 0. The average Bonchev–Trinajstić information content (AvgIpc) is 2.75. The van der Waals surface area contributed by atoms with E-state index in [4.69, 9.17) is 4.98 Å². The van der Waals surface area contributed by atoms with Gasteiger partial charge in [0.2, 0.25) is 0 Å². The molecule has 0 fully saturated rings. The van der Waals surface area contributed by atoms with Gasteiger partial charge in [0.25, 0.3) is 5.91 Å². The molecule has 0 aliphatic rings. The van der Waals surface area contributed by atoms with Gasteiger partial charge in [-0.15, -0.1) is 0 Å². The van der Waals surface area contributed by atoms with Crippen LogP contribution in [0.3, 0.4) is 0 Å². The lowest BCUT2D eigenvalue weighted by Gasteiger charge is -2.15. The Labute approximate surface area is 177 Å². The van der Waals surface area contributed by atoms with Crippen molar-refractivity contribution in [3.05, 3.63) is 95.1 Å². The number of pyridine rings is 1. The average molecular weight is 395 g/mol.